The topological polar surface area (TPSA) is 122 Å². The molecule has 10 heteroatoms. The number of nitro groups is 1. The van der Waals surface area contributed by atoms with Crippen molar-refractivity contribution < 1.29 is 29.1 Å². The first-order chi connectivity index (χ1) is 17.8. The molecule has 0 aliphatic carbocycles. The number of aliphatic hydroxyl groups excluding tert-OH is 1. The van der Waals surface area contributed by atoms with Gasteiger partial charge in [-0.15, -0.1) is 0 Å². The number of likely N-dealkylation sites (tertiary alicyclic amines) is 1. The van der Waals surface area contributed by atoms with Gasteiger partial charge in [-0.05, 0) is 47.9 Å². The molecule has 2 aliphatic heterocycles. The summed E-state index contributed by atoms with van der Waals surface area (Å²) in [7, 11) is 0. The highest BCUT2D eigenvalue weighted by molar-refractivity contribution is 6.46. The number of ketones is 1. The molecular formula is C27H31N3O7. The second-order valence-corrected chi connectivity index (χ2v) is 9.52. The molecule has 4 rings (SSSR count). The van der Waals surface area contributed by atoms with Gasteiger partial charge in [0.2, 0.25) is 0 Å². The fraction of sp³-hybridized carbons (Fsp3) is 0.407. The number of hydrogen-bond donors (Lipinski definition) is 1. The van der Waals surface area contributed by atoms with E-state index in [0.717, 1.165) is 13.1 Å². The number of carbonyl (C=O) groups is 2. The first-order valence-electron chi connectivity index (χ1n) is 12.3. The highest BCUT2D eigenvalue weighted by Gasteiger charge is 2.46. The van der Waals surface area contributed by atoms with Crippen LogP contribution in [0.1, 0.15) is 31.0 Å². The number of carbonyl (C=O) groups excluding carboxylic acids is 2. The largest absolute Gasteiger partial charge is 0.507 e. The van der Waals surface area contributed by atoms with Crippen LogP contribution in [0.3, 0.4) is 0 Å². The third-order valence-corrected chi connectivity index (χ3v) is 6.43. The molecule has 0 spiro atoms. The minimum absolute atomic E-state index is 0.0447. The van der Waals surface area contributed by atoms with E-state index in [4.69, 9.17) is 9.47 Å². The predicted octanol–water partition coefficient (Wildman–Crippen LogP) is 3.38. The lowest BCUT2D eigenvalue weighted by Crippen LogP contribution is -2.42. The minimum atomic E-state index is -0.876. The second kappa shape index (κ2) is 11.5. The molecule has 0 bridgehead atoms. The number of benzene rings is 2. The van der Waals surface area contributed by atoms with Crippen LogP contribution in [0.15, 0.2) is 54.1 Å². The van der Waals surface area contributed by atoms with E-state index in [2.05, 4.69) is 4.90 Å². The van der Waals surface area contributed by atoms with Crippen LogP contribution in [0.25, 0.3) is 5.76 Å². The number of non-ortho nitro benzene ring substituents is 1. The summed E-state index contributed by atoms with van der Waals surface area (Å²) in [4.78, 5) is 40.6. The fourth-order valence-electron chi connectivity index (χ4n) is 4.44. The third-order valence-electron chi connectivity index (χ3n) is 6.43. The number of rotatable bonds is 9. The molecule has 37 heavy (non-hydrogen) atoms. The number of amides is 1. The number of hydrogen-bond acceptors (Lipinski definition) is 8. The molecule has 0 saturated carbocycles. The van der Waals surface area contributed by atoms with Gasteiger partial charge in [0.25, 0.3) is 17.4 Å². The number of nitrogens with zero attached hydrogens (tertiary/aromatic N) is 3. The van der Waals surface area contributed by atoms with Crippen molar-refractivity contribution in [1.82, 2.24) is 9.80 Å². The fourth-order valence-corrected chi connectivity index (χ4v) is 4.44. The lowest BCUT2D eigenvalue weighted by atomic mass is 9.95. The van der Waals surface area contributed by atoms with Gasteiger partial charge in [0.15, 0.2) is 0 Å². The monoisotopic (exact) mass is 509 g/mol. The Morgan fingerprint density at radius 1 is 1.08 bits per heavy atom. The molecule has 1 atom stereocenters. The molecule has 196 valence electrons. The summed E-state index contributed by atoms with van der Waals surface area (Å²) in [6, 6.07) is 11.5. The van der Waals surface area contributed by atoms with Gasteiger partial charge in [-0.25, -0.2) is 0 Å². The maximum absolute atomic E-state index is 13.2. The molecule has 1 N–H and O–H groups in total. The summed E-state index contributed by atoms with van der Waals surface area (Å²) in [5.41, 5.74) is 0.725. The maximum Gasteiger partial charge on any atom is 0.295 e. The standard InChI is InChI=1S/C27H31N3O7/c1-18(2)17-37-22-9-5-20(6-10-22)25(31)23-24(19-3-7-21(8-4-19)30(34)35)29(27(33)26(23)32)12-11-28-13-15-36-16-14-28/h3-10,18,24,31H,11-17H2,1-2H3/b25-23+/t24-/m1/s1. The zero-order chi connectivity index (χ0) is 26.5. The second-order valence-electron chi connectivity index (χ2n) is 9.52. The van der Waals surface area contributed by atoms with Crippen molar-refractivity contribution in [2.45, 2.75) is 19.9 Å². The minimum Gasteiger partial charge on any atom is -0.507 e. The van der Waals surface area contributed by atoms with Crippen molar-refractivity contribution in [3.8, 4) is 5.75 Å². The van der Waals surface area contributed by atoms with Crippen LogP contribution in [0.5, 0.6) is 5.75 Å². The van der Waals surface area contributed by atoms with Gasteiger partial charge in [0.1, 0.15) is 11.5 Å². The summed E-state index contributed by atoms with van der Waals surface area (Å²) >= 11 is 0. The average Bonchev–Trinajstić information content (AvgIpc) is 3.16. The molecule has 10 nitrogen and oxygen atoms in total. The Labute approximate surface area is 215 Å². The molecule has 2 saturated heterocycles. The van der Waals surface area contributed by atoms with Gasteiger partial charge in [-0.1, -0.05) is 13.8 Å². The van der Waals surface area contributed by atoms with Crippen molar-refractivity contribution in [3.63, 3.8) is 0 Å². The van der Waals surface area contributed by atoms with E-state index in [-0.39, 0.29) is 23.6 Å². The molecule has 0 aromatic heterocycles. The zero-order valence-electron chi connectivity index (χ0n) is 21.0. The number of ether oxygens (including phenoxy) is 2. The highest BCUT2D eigenvalue weighted by atomic mass is 16.6. The van der Waals surface area contributed by atoms with Crippen LogP contribution in [-0.2, 0) is 14.3 Å². The van der Waals surface area contributed by atoms with E-state index in [1.165, 1.54) is 29.2 Å². The lowest BCUT2D eigenvalue weighted by molar-refractivity contribution is -0.384. The lowest BCUT2D eigenvalue weighted by Gasteiger charge is -2.31. The van der Waals surface area contributed by atoms with Crippen LogP contribution >= 0.6 is 0 Å². The molecule has 0 unspecified atom stereocenters. The van der Waals surface area contributed by atoms with E-state index in [0.29, 0.717) is 49.2 Å². The van der Waals surface area contributed by atoms with Crippen molar-refractivity contribution in [3.05, 3.63) is 75.3 Å². The van der Waals surface area contributed by atoms with E-state index in [1.807, 2.05) is 13.8 Å². The summed E-state index contributed by atoms with van der Waals surface area (Å²) in [6.07, 6.45) is 0. The number of morpholine rings is 1. The number of aliphatic hydroxyl groups is 1. The van der Waals surface area contributed by atoms with E-state index in [1.54, 1.807) is 24.3 Å². The third kappa shape index (κ3) is 5.98. The molecule has 2 aromatic rings. The van der Waals surface area contributed by atoms with Gasteiger partial charge in [-0.3, -0.25) is 24.6 Å². The summed E-state index contributed by atoms with van der Waals surface area (Å²) in [5.74, 6) is -0.824. The van der Waals surface area contributed by atoms with Gasteiger partial charge < -0.3 is 19.5 Å². The number of nitro benzene ring substituents is 1. The predicted molar refractivity (Wildman–Crippen MR) is 136 cm³/mol. The zero-order valence-corrected chi connectivity index (χ0v) is 21.0. The Morgan fingerprint density at radius 3 is 2.32 bits per heavy atom. The van der Waals surface area contributed by atoms with Crippen LogP contribution in [0.4, 0.5) is 5.69 Å². The van der Waals surface area contributed by atoms with E-state index >= 15 is 0 Å². The molecule has 0 radical (unpaired) electrons. The molecule has 2 aromatic carbocycles. The first kappa shape index (κ1) is 26.3. The van der Waals surface area contributed by atoms with E-state index < -0.39 is 22.7 Å². The smallest absolute Gasteiger partial charge is 0.295 e. The van der Waals surface area contributed by atoms with Crippen molar-refractivity contribution in [1.29, 1.82) is 0 Å². The van der Waals surface area contributed by atoms with Gasteiger partial charge in [-0.2, -0.15) is 0 Å². The highest BCUT2D eigenvalue weighted by Crippen LogP contribution is 2.40. The molecular weight excluding hydrogens is 478 g/mol. The van der Waals surface area contributed by atoms with Crippen LogP contribution in [0, 0.1) is 16.0 Å². The van der Waals surface area contributed by atoms with Crippen molar-refractivity contribution in [2.75, 3.05) is 46.0 Å². The van der Waals surface area contributed by atoms with Gasteiger partial charge >= 0.3 is 0 Å². The molecule has 2 heterocycles. The SMILES string of the molecule is CC(C)COc1ccc(/C(O)=C2\C(=O)C(=O)N(CCN3CCOCC3)[C@@H]2c2ccc([N+](=O)[O-])cc2)cc1. The Morgan fingerprint density at radius 2 is 1.73 bits per heavy atom. The Hall–Kier alpha value is -3.76. The van der Waals surface area contributed by atoms with Crippen LogP contribution in [0.2, 0.25) is 0 Å². The molecule has 1 amide bonds. The summed E-state index contributed by atoms with van der Waals surface area (Å²) in [6.45, 7) is 8.04. The van der Waals surface area contributed by atoms with Gasteiger partial charge in [0.05, 0.1) is 36.4 Å². The first-order valence-corrected chi connectivity index (χ1v) is 12.3. The maximum atomic E-state index is 13.2. The Balaban J connectivity index is 1.68. The van der Waals surface area contributed by atoms with Crippen LogP contribution in [-0.4, -0.2) is 77.5 Å². The quantitative estimate of drug-likeness (QED) is 0.179. The molecule has 2 aliphatic rings. The average molecular weight is 510 g/mol. The Kier molecular flexibility index (Phi) is 8.20. The summed E-state index contributed by atoms with van der Waals surface area (Å²) < 4.78 is 11.1. The summed E-state index contributed by atoms with van der Waals surface area (Å²) in [5, 5.41) is 22.4. The van der Waals surface area contributed by atoms with Crippen molar-refractivity contribution in [2.24, 2.45) is 5.92 Å². The Bertz CT molecular complexity index is 1170. The van der Waals surface area contributed by atoms with E-state index in [9.17, 15) is 24.8 Å². The van der Waals surface area contributed by atoms with Crippen molar-refractivity contribution >= 4 is 23.1 Å². The molecule has 2 fully saturated rings. The van der Waals surface area contributed by atoms with Crippen LogP contribution < -0.4 is 4.74 Å². The normalized spacial score (nSPS) is 20.0. The number of Topliss-reactive ketones (excluding diaryl/α,β-unsaturated/α-hetero) is 1. The van der Waals surface area contributed by atoms with Gasteiger partial charge in [0, 0.05) is 43.9 Å².